The molecule has 0 aromatic rings. The summed E-state index contributed by atoms with van der Waals surface area (Å²) in [7, 11) is 0. The van der Waals surface area contributed by atoms with Crippen LogP contribution in [0.25, 0.3) is 0 Å². The second kappa shape index (κ2) is 9.73. The molecule has 1 aliphatic rings. The average Bonchev–Trinajstić information content (AvgIpc) is 2.54. The highest BCUT2D eigenvalue weighted by molar-refractivity contribution is 5.86. The quantitative estimate of drug-likeness (QED) is 0.195. The van der Waals surface area contributed by atoms with Crippen molar-refractivity contribution in [3.63, 3.8) is 0 Å². The number of carbonyl (C=O) groups excluding carboxylic acids is 3. The van der Waals surface area contributed by atoms with E-state index < -0.39 is 12.0 Å². The second-order valence-electron chi connectivity index (χ2n) is 8.48. The SMILES string of the molecule is C=C(C)C(=O)OCCOC(=O)CCC1(C)CC(NC(=O)NO)CC(C)(C)C1. The summed E-state index contributed by atoms with van der Waals surface area (Å²) in [5.74, 6) is -0.850. The first-order valence-corrected chi connectivity index (χ1v) is 9.15. The number of rotatable bonds is 8. The van der Waals surface area contributed by atoms with E-state index in [-0.39, 0.29) is 42.5 Å². The van der Waals surface area contributed by atoms with Crippen LogP contribution in [0.15, 0.2) is 12.2 Å². The Kier molecular flexibility index (Phi) is 8.27. The van der Waals surface area contributed by atoms with Crippen molar-refractivity contribution in [3.05, 3.63) is 12.2 Å². The van der Waals surface area contributed by atoms with Crippen molar-refractivity contribution in [1.82, 2.24) is 10.8 Å². The van der Waals surface area contributed by atoms with Gasteiger partial charge in [-0.05, 0) is 43.4 Å². The summed E-state index contributed by atoms with van der Waals surface area (Å²) in [6.45, 7) is 11.4. The lowest BCUT2D eigenvalue weighted by molar-refractivity contribution is -0.150. The van der Waals surface area contributed by atoms with E-state index in [0.29, 0.717) is 18.4 Å². The van der Waals surface area contributed by atoms with Crippen LogP contribution < -0.4 is 10.8 Å². The highest BCUT2D eigenvalue weighted by Gasteiger charge is 2.41. The van der Waals surface area contributed by atoms with Gasteiger partial charge in [-0.2, -0.15) is 0 Å². The first-order chi connectivity index (χ1) is 12.5. The summed E-state index contributed by atoms with van der Waals surface area (Å²) < 4.78 is 9.99. The Labute approximate surface area is 160 Å². The smallest absolute Gasteiger partial charge is 0.338 e. The molecule has 0 heterocycles. The molecule has 2 unspecified atom stereocenters. The molecule has 0 saturated heterocycles. The van der Waals surface area contributed by atoms with Crippen molar-refractivity contribution in [2.75, 3.05) is 13.2 Å². The number of hydrogen-bond acceptors (Lipinski definition) is 6. The topological polar surface area (TPSA) is 114 Å². The molecule has 1 saturated carbocycles. The number of carbonyl (C=O) groups is 3. The molecule has 3 N–H and O–H groups in total. The fourth-order valence-corrected chi connectivity index (χ4v) is 4.03. The zero-order valence-corrected chi connectivity index (χ0v) is 16.7. The third-order valence-electron chi connectivity index (χ3n) is 4.74. The monoisotopic (exact) mass is 384 g/mol. The predicted molar refractivity (Wildman–Crippen MR) is 98.9 cm³/mol. The maximum absolute atomic E-state index is 12.0. The minimum absolute atomic E-state index is 0.00105. The molecule has 0 bridgehead atoms. The summed E-state index contributed by atoms with van der Waals surface area (Å²) in [4.78, 5) is 34.6. The second-order valence-corrected chi connectivity index (χ2v) is 8.48. The third-order valence-corrected chi connectivity index (χ3v) is 4.74. The number of urea groups is 1. The summed E-state index contributed by atoms with van der Waals surface area (Å²) in [5.41, 5.74) is 1.76. The van der Waals surface area contributed by atoms with Crippen LogP contribution in [0, 0.1) is 10.8 Å². The predicted octanol–water partition coefficient (Wildman–Crippen LogP) is 2.70. The van der Waals surface area contributed by atoms with E-state index in [4.69, 9.17) is 14.7 Å². The number of hydroxylamine groups is 1. The molecular weight excluding hydrogens is 352 g/mol. The molecule has 154 valence electrons. The first kappa shape index (κ1) is 23.0. The molecule has 1 fully saturated rings. The molecule has 1 rings (SSSR count). The molecule has 8 nitrogen and oxygen atoms in total. The fraction of sp³-hybridized carbons (Fsp3) is 0.737. The van der Waals surface area contributed by atoms with Crippen molar-refractivity contribution < 1.29 is 29.1 Å². The zero-order valence-electron chi connectivity index (χ0n) is 16.7. The Bertz CT molecular complexity index is 575. The molecule has 1 aliphatic carbocycles. The van der Waals surface area contributed by atoms with E-state index >= 15 is 0 Å². The fourth-order valence-electron chi connectivity index (χ4n) is 4.03. The van der Waals surface area contributed by atoms with Gasteiger partial charge in [0.2, 0.25) is 0 Å². The molecule has 8 heteroatoms. The Morgan fingerprint density at radius 1 is 1.15 bits per heavy atom. The van der Waals surface area contributed by atoms with Crippen molar-refractivity contribution in [1.29, 1.82) is 0 Å². The lowest BCUT2D eigenvalue weighted by Crippen LogP contribution is -2.49. The van der Waals surface area contributed by atoms with Gasteiger partial charge in [-0.1, -0.05) is 27.4 Å². The van der Waals surface area contributed by atoms with Crippen LogP contribution in [0.4, 0.5) is 4.79 Å². The van der Waals surface area contributed by atoms with Gasteiger partial charge in [-0.15, -0.1) is 0 Å². The molecule has 0 radical (unpaired) electrons. The van der Waals surface area contributed by atoms with Gasteiger partial charge in [0.25, 0.3) is 0 Å². The molecular formula is C19H32N2O6. The highest BCUT2D eigenvalue weighted by atomic mass is 16.6. The molecule has 2 amide bonds. The van der Waals surface area contributed by atoms with Gasteiger partial charge in [0.1, 0.15) is 13.2 Å². The number of amides is 2. The van der Waals surface area contributed by atoms with E-state index in [9.17, 15) is 14.4 Å². The summed E-state index contributed by atoms with van der Waals surface area (Å²) >= 11 is 0. The molecule has 2 atom stereocenters. The zero-order chi connectivity index (χ0) is 20.7. The third kappa shape index (κ3) is 8.43. The minimum atomic E-state index is -0.622. The van der Waals surface area contributed by atoms with Crippen LogP contribution in [0.1, 0.15) is 59.8 Å². The van der Waals surface area contributed by atoms with E-state index in [0.717, 1.165) is 12.8 Å². The van der Waals surface area contributed by atoms with Crippen LogP contribution in [-0.2, 0) is 19.1 Å². The normalized spacial score (nSPS) is 23.8. The molecule has 0 aromatic carbocycles. The van der Waals surface area contributed by atoms with Gasteiger partial charge in [0.05, 0.1) is 0 Å². The van der Waals surface area contributed by atoms with E-state index in [2.05, 4.69) is 32.7 Å². The standard InChI is InChI=1S/C19H32N2O6/c1-13(2)16(23)27-9-8-26-15(22)6-7-19(5)11-14(20-17(24)21-25)10-18(3,4)12-19/h14,25H,1,6-12H2,2-5H3,(H2,20,21,24). The van der Waals surface area contributed by atoms with Gasteiger partial charge in [-0.25, -0.2) is 15.1 Å². The van der Waals surface area contributed by atoms with E-state index in [1.54, 1.807) is 12.4 Å². The lowest BCUT2D eigenvalue weighted by Gasteiger charge is -2.46. The number of ether oxygens (including phenoxy) is 2. The molecule has 0 aliphatic heterocycles. The Morgan fingerprint density at radius 2 is 1.78 bits per heavy atom. The summed E-state index contributed by atoms with van der Waals surface area (Å²) in [5, 5.41) is 11.5. The van der Waals surface area contributed by atoms with Crippen molar-refractivity contribution in [3.8, 4) is 0 Å². The van der Waals surface area contributed by atoms with Crippen molar-refractivity contribution in [2.45, 2.75) is 65.8 Å². The Balaban J connectivity index is 2.45. The van der Waals surface area contributed by atoms with Gasteiger partial charge < -0.3 is 14.8 Å². The van der Waals surface area contributed by atoms with Crippen molar-refractivity contribution in [2.24, 2.45) is 10.8 Å². The summed E-state index contributed by atoms with van der Waals surface area (Å²) in [6.07, 6.45) is 3.31. The van der Waals surface area contributed by atoms with Crippen LogP contribution in [0.5, 0.6) is 0 Å². The maximum Gasteiger partial charge on any atom is 0.338 e. The van der Waals surface area contributed by atoms with Gasteiger partial charge in [0.15, 0.2) is 0 Å². The molecule has 27 heavy (non-hydrogen) atoms. The number of hydrogen-bond donors (Lipinski definition) is 3. The highest BCUT2D eigenvalue weighted by Crippen LogP contribution is 2.48. The maximum atomic E-state index is 12.0. The first-order valence-electron chi connectivity index (χ1n) is 9.15. The van der Waals surface area contributed by atoms with E-state index in [1.165, 1.54) is 0 Å². The van der Waals surface area contributed by atoms with E-state index in [1.807, 2.05) is 0 Å². The van der Waals surface area contributed by atoms with Crippen molar-refractivity contribution >= 4 is 18.0 Å². The van der Waals surface area contributed by atoms with Crippen LogP contribution in [0.3, 0.4) is 0 Å². The van der Waals surface area contributed by atoms with Gasteiger partial charge in [-0.3, -0.25) is 10.0 Å². The average molecular weight is 384 g/mol. The van der Waals surface area contributed by atoms with Gasteiger partial charge in [0, 0.05) is 18.0 Å². The Hall–Kier alpha value is -2.09. The van der Waals surface area contributed by atoms with Crippen LogP contribution in [0.2, 0.25) is 0 Å². The minimum Gasteiger partial charge on any atom is -0.462 e. The Morgan fingerprint density at radius 3 is 2.37 bits per heavy atom. The summed E-state index contributed by atoms with van der Waals surface area (Å²) in [6, 6.07) is -0.702. The molecule has 0 spiro atoms. The molecule has 0 aromatic heterocycles. The van der Waals surface area contributed by atoms with Gasteiger partial charge >= 0.3 is 18.0 Å². The number of nitrogens with one attached hydrogen (secondary N) is 2. The largest absolute Gasteiger partial charge is 0.462 e. The number of esters is 2. The lowest BCUT2D eigenvalue weighted by atomic mass is 9.61. The van der Waals surface area contributed by atoms with Crippen LogP contribution in [-0.4, -0.2) is 42.4 Å². The van der Waals surface area contributed by atoms with Crippen LogP contribution >= 0.6 is 0 Å².